The van der Waals surface area contributed by atoms with Crippen LogP contribution < -0.4 is 6.15 Å². The monoisotopic (exact) mass is 241 g/mol. The van der Waals surface area contributed by atoms with E-state index < -0.39 is 18.5 Å². The quantitative estimate of drug-likeness (QED) is 0.561. The Labute approximate surface area is 32.1 Å². The molecule has 0 atom stereocenters. The van der Waals surface area contributed by atoms with Crippen LogP contribution >= 0.6 is 0 Å². The van der Waals surface area contributed by atoms with Crippen LogP contribution in [0.3, 0.4) is 0 Å². The zero-order valence-corrected chi connectivity index (χ0v) is 3.85. The van der Waals surface area contributed by atoms with Crippen molar-refractivity contribution in [3.8, 4) is 0 Å². The maximum absolute atomic E-state index is 8.49. The molecule has 4 heteroatoms. The van der Waals surface area contributed by atoms with Gasteiger partial charge in [-0.1, -0.05) is 0 Å². The molecule has 0 N–H and O–H groups in total. The molecule has 0 saturated carbocycles. The molecule has 0 amide bonds. The Balaban J connectivity index is 0. The van der Waals surface area contributed by atoms with E-state index in [2.05, 4.69) is 0 Å². The van der Waals surface area contributed by atoms with E-state index in [1.165, 1.54) is 0 Å². The first-order valence-electron chi connectivity index (χ1n) is 0.258. The van der Waals surface area contributed by atoms with Crippen LogP contribution in [0.5, 0.6) is 0 Å². The summed E-state index contributed by atoms with van der Waals surface area (Å²) >= 11 is -1.92. The van der Waals surface area contributed by atoms with Gasteiger partial charge < -0.3 is 0 Å². The Hall–Kier alpha value is 0.248. The van der Waals surface area contributed by atoms with Gasteiger partial charge in [0.1, 0.15) is 0 Å². The van der Waals surface area contributed by atoms with Gasteiger partial charge in [-0.2, -0.15) is 0 Å². The van der Waals surface area contributed by atoms with Crippen molar-refractivity contribution in [2.45, 2.75) is 0 Å². The topological polar surface area (TPSA) is 64.6 Å². The predicted octanol–water partition coefficient (Wildman–Crippen LogP) is -0.721. The van der Waals surface area contributed by atoms with Crippen molar-refractivity contribution in [1.29, 1.82) is 0 Å². The van der Waals surface area contributed by atoms with Crippen molar-refractivity contribution in [2.75, 3.05) is 0 Å². The molecule has 0 saturated heterocycles. The molecule has 0 heterocycles. The average Bonchev–Trinajstić information content (AvgIpc) is 0.918. The van der Waals surface area contributed by atoms with E-state index in [9.17, 15) is 0 Å². The van der Waals surface area contributed by atoms with Gasteiger partial charge in [-0.3, -0.25) is 0 Å². The van der Waals surface area contributed by atoms with Crippen LogP contribution in [0.25, 0.3) is 0 Å². The Morgan fingerprint density at radius 3 is 1.25 bits per heavy atom. The van der Waals surface area contributed by atoms with Gasteiger partial charge in [0.05, 0.1) is 0 Å². The predicted molar refractivity (Wildman–Crippen MR) is 3.51 cm³/mol. The molecule has 0 aromatic rings. The average molecular weight is 241 g/mol. The third kappa shape index (κ3) is 56.8. The summed E-state index contributed by atoms with van der Waals surface area (Å²) in [5.74, 6) is 0. The second-order valence-corrected chi connectivity index (χ2v) is 0.431. The molecule has 3 radical (unpaired) electrons. The first kappa shape index (κ1) is 8.87. The third-order valence-electron chi connectivity index (χ3n) is 0. The summed E-state index contributed by atoms with van der Waals surface area (Å²) in [6.07, 6.45) is 0. The molecule has 0 fully saturated rings. The van der Waals surface area contributed by atoms with Crippen molar-refractivity contribution in [3.63, 3.8) is 0 Å². The van der Waals surface area contributed by atoms with Crippen molar-refractivity contribution >= 4 is 0 Å². The van der Waals surface area contributed by atoms with Crippen LogP contribution in [0, 0.1) is 0 Å². The minimum atomic E-state index is -1.92. The summed E-state index contributed by atoms with van der Waals surface area (Å²) in [6.45, 7) is 0. The van der Waals surface area contributed by atoms with Gasteiger partial charge in [0.15, 0.2) is 0 Å². The van der Waals surface area contributed by atoms with Crippen LogP contribution in [0.1, 0.15) is 0 Å². The van der Waals surface area contributed by atoms with E-state index >= 15 is 0 Å². The minimum absolute atomic E-state index is 0. The van der Waals surface area contributed by atoms with Crippen LogP contribution in [-0.2, 0) is 25.3 Å². The fraction of sp³-hybridized carbons (Fsp3) is 0. The first-order valence-corrected chi connectivity index (χ1v) is 2.11. The third-order valence-corrected chi connectivity index (χ3v) is 0. The summed E-state index contributed by atoms with van der Waals surface area (Å²) in [7, 11) is 0. The van der Waals surface area contributed by atoms with Crippen molar-refractivity contribution < 1.29 is 25.3 Å². The molecule has 4 heavy (non-hydrogen) atoms. The Morgan fingerprint density at radius 1 is 1.25 bits per heavy atom. The fourth-order valence-corrected chi connectivity index (χ4v) is 0. The molecule has 0 aliphatic rings. The molecule has 0 aliphatic heterocycles. The van der Waals surface area contributed by atoms with Gasteiger partial charge in [0, 0.05) is 6.15 Å². The van der Waals surface area contributed by atoms with Gasteiger partial charge in [-0.05, 0) is 0 Å². The summed E-state index contributed by atoms with van der Waals surface area (Å²) < 4.78 is 17.0. The summed E-state index contributed by atoms with van der Waals surface area (Å²) in [4.78, 5) is 0. The summed E-state index contributed by atoms with van der Waals surface area (Å²) in [5, 5.41) is 0. The number of hydrogen-bond donors (Lipinski definition) is 0. The van der Waals surface area contributed by atoms with Crippen LogP contribution in [0.4, 0.5) is 0 Å². The molecular formula is NO2Pt. The van der Waals surface area contributed by atoms with Crippen LogP contribution in [0.2, 0.25) is 0 Å². The van der Waals surface area contributed by atoms with Gasteiger partial charge in [0.2, 0.25) is 0 Å². The standard InChI is InChI=1S/N.2O.Pt. The van der Waals surface area contributed by atoms with Gasteiger partial charge in [-0.25, -0.2) is 0 Å². The molecule has 0 aromatic heterocycles. The van der Waals surface area contributed by atoms with Crippen molar-refractivity contribution in [3.05, 3.63) is 0 Å². The fourth-order valence-electron chi connectivity index (χ4n) is 0. The number of nitrogens with zero attached hydrogens (tertiary/aromatic N) is 1. The summed E-state index contributed by atoms with van der Waals surface area (Å²) in [5.41, 5.74) is 0. The zero-order chi connectivity index (χ0) is 2.71. The second kappa shape index (κ2) is 10.5. The van der Waals surface area contributed by atoms with Gasteiger partial charge in [0.25, 0.3) is 0 Å². The molecule has 0 aliphatic carbocycles. The first-order chi connectivity index (χ1) is 1.41. The number of hydrogen-bond acceptors (Lipinski definition) is 2. The van der Waals surface area contributed by atoms with E-state index in [-0.39, 0.29) is 6.15 Å². The maximum atomic E-state index is 8.49. The molecule has 0 aromatic carbocycles. The van der Waals surface area contributed by atoms with E-state index in [1.807, 2.05) is 0 Å². The molecule has 0 bridgehead atoms. The van der Waals surface area contributed by atoms with E-state index in [0.717, 1.165) is 0 Å². The number of rotatable bonds is 0. The zero-order valence-electron chi connectivity index (χ0n) is 1.58. The Bertz CT molecular complexity index is 27.0. The molecule has 0 rings (SSSR count). The normalized spacial score (nSPS) is 5.00. The SMILES string of the molecule is [N].[O]=[Pt]=[O]. The van der Waals surface area contributed by atoms with Gasteiger partial charge in [-0.15, -0.1) is 0 Å². The summed E-state index contributed by atoms with van der Waals surface area (Å²) in [6, 6.07) is 0. The van der Waals surface area contributed by atoms with E-state index in [0.29, 0.717) is 0 Å². The molecule has 3 nitrogen and oxygen atoms in total. The Kier molecular flexibility index (Phi) is 23.4. The molecule has 0 unspecified atom stereocenters. The van der Waals surface area contributed by atoms with E-state index in [4.69, 9.17) is 6.80 Å². The van der Waals surface area contributed by atoms with Crippen LogP contribution in [0.15, 0.2) is 0 Å². The van der Waals surface area contributed by atoms with Gasteiger partial charge >= 0.3 is 25.3 Å². The van der Waals surface area contributed by atoms with Crippen LogP contribution in [-0.4, -0.2) is 0 Å². The van der Waals surface area contributed by atoms with E-state index in [1.54, 1.807) is 0 Å². The Morgan fingerprint density at radius 2 is 1.25 bits per heavy atom. The molecular weight excluding hydrogens is 241 g/mol. The second-order valence-electron chi connectivity index (χ2n) is 0.0527. The van der Waals surface area contributed by atoms with Crippen molar-refractivity contribution in [1.82, 2.24) is 6.15 Å². The molecule has 27 valence electrons. The van der Waals surface area contributed by atoms with Crippen molar-refractivity contribution in [2.24, 2.45) is 0 Å². The molecule has 0 spiro atoms.